The molecule has 7 heteroatoms. The van der Waals surface area contributed by atoms with Crippen LogP contribution in [0.15, 0.2) is 53.5 Å². The highest BCUT2D eigenvalue weighted by molar-refractivity contribution is 14.0. The van der Waals surface area contributed by atoms with Crippen LogP contribution in [0.25, 0.3) is 0 Å². The number of halogens is 2. The Morgan fingerprint density at radius 1 is 1.13 bits per heavy atom. The number of nitrogens with zero attached hydrogens (tertiary/aromatic N) is 2. The predicted octanol–water partition coefficient (Wildman–Crippen LogP) is 4.60. The fraction of sp³-hybridized carbons (Fsp3) is 0.458. The number of ether oxygens (including phenoxy) is 2. The van der Waals surface area contributed by atoms with Gasteiger partial charge in [0.1, 0.15) is 11.6 Å². The van der Waals surface area contributed by atoms with Gasteiger partial charge < -0.3 is 19.7 Å². The lowest BCUT2D eigenvalue weighted by atomic mass is 9.74. The van der Waals surface area contributed by atoms with E-state index in [4.69, 9.17) is 14.5 Å². The van der Waals surface area contributed by atoms with Crippen LogP contribution in [0.2, 0.25) is 0 Å². The van der Waals surface area contributed by atoms with E-state index in [-0.39, 0.29) is 35.2 Å². The Morgan fingerprint density at radius 3 is 2.35 bits per heavy atom. The molecule has 5 nitrogen and oxygen atoms in total. The van der Waals surface area contributed by atoms with Crippen LogP contribution in [0, 0.1) is 5.82 Å². The van der Waals surface area contributed by atoms with Gasteiger partial charge >= 0.3 is 0 Å². The Kier molecular flexibility index (Phi) is 10.0. The summed E-state index contributed by atoms with van der Waals surface area (Å²) in [6, 6.07) is 14.9. The van der Waals surface area contributed by atoms with Crippen molar-refractivity contribution in [2.24, 2.45) is 4.99 Å². The van der Waals surface area contributed by atoms with E-state index >= 15 is 0 Å². The molecule has 0 atom stereocenters. The van der Waals surface area contributed by atoms with Crippen LogP contribution in [0.1, 0.15) is 30.9 Å². The second-order valence-corrected chi connectivity index (χ2v) is 7.77. The molecule has 1 fully saturated rings. The van der Waals surface area contributed by atoms with Crippen molar-refractivity contribution in [1.82, 2.24) is 10.2 Å². The first kappa shape index (κ1) is 25.4. The Balaban J connectivity index is 0.00000341. The van der Waals surface area contributed by atoms with E-state index < -0.39 is 0 Å². The fourth-order valence-corrected chi connectivity index (χ4v) is 3.88. The zero-order valence-corrected chi connectivity index (χ0v) is 20.9. The third-order valence-electron chi connectivity index (χ3n) is 5.71. The van der Waals surface area contributed by atoms with Crippen LogP contribution in [0.5, 0.6) is 5.75 Å². The average Bonchev–Trinajstić information content (AvgIpc) is 2.79. The minimum absolute atomic E-state index is 0. The first-order chi connectivity index (χ1) is 14.6. The number of rotatable bonds is 7. The smallest absolute Gasteiger partial charge is 0.193 e. The highest BCUT2D eigenvalue weighted by atomic mass is 127. The Morgan fingerprint density at radius 2 is 1.77 bits per heavy atom. The van der Waals surface area contributed by atoms with Crippen LogP contribution in [0.4, 0.5) is 4.39 Å². The van der Waals surface area contributed by atoms with E-state index in [1.807, 2.05) is 31.3 Å². The number of hydrogen-bond donors (Lipinski definition) is 1. The monoisotopic (exact) mass is 541 g/mol. The van der Waals surface area contributed by atoms with Crippen molar-refractivity contribution < 1.29 is 13.9 Å². The van der Waals surface area contributed by atoms with E-state index in [9.17, 15) is 4.39 Å². The molecule has 170 valence electrons. The van der Waals surface area contributed by atoms with Gasteiger partial charge in [0.2, 0.25) is 0 Å². The molecule has 0 radical (unpaired) electrons. The van der Waals surface area contributed by atoms with Crippen molar-refractivity contribution in [3.8, 4) is 5.75 Å². The van der Waals surface area contributed by atoms with Crippen LogP contribution in [0.3, 0.4) is 0 Å². The lowest BCUT2D eigenvalue weighted by Gasteiger charge is -2.37. The fourth-order valence-electron chi connectivity index (χ4n) is 3.88. The number of nitrogens with one attached hydrogen (secondary N) is 1. The summed E-state index contributed by atoms with van der Waals surface area (Å²) in [6.07, 6.45) is 1.87. The summed E-state index contributed by atoms with van der Waals surface area (Å²) in [7, 11) is 3.69. The first-order valence-electron chi connectivity index (χ1n) is 10.5. The molecule has 1 saturated heterocycles. The molecule has 1 aliphatic heterocycles. The number of methoxy groups -OCH3 is 1. The molecule has 0 spiro atoms. The number of guanidine groups is 1. The summed E-state index contributed by atoms with van der Waals surface area (Å²) in [5.41, 5.74) is 2.26. The molecule has 0 saturated carbocycles. The summed E-state index contributed by atoms with van der Waals surface area (Å²) in [6.45, 7) is 5.66. The van der Waals surface area contributed by atoms with Crippen molar-refractivity contribution in [2.75, 3.05) is 40.5 Å². The Labute approximate surface area is 202 Å². The van der Waals surface area contributed by atoms with Crippen LogP contribution in [-0.4, -0.2) is 51.3 Å². The molecule has 0 unspecified atom stereocenters. The molecule has 1 aliphatic rings. The summed E-state index contributed by atoms with van der Waals surface area (Å²) in [5, 5.41) is 3.39. The van der Waals surface area contributed by atoms with Gasteiger partial charge in [0.05, 0.1) is 13.7 Å². The maximum atomic E-state index is 13.2. The van der Waals surface area contributed by atoms with Crippen LogP contribution < -0.4 is 10.1 Å². The summed E-state index contributed by atoms with van der Waals surface area (Å²) >= 11 is 0. The van der Waals surface area contributed by atoms with Crippen molar-refractivity contribution in [1.29, 1.82) is 0 Å². The molecule has 0 aliphatic carbocycles. The quantitative estimate of drug-likeness (QED) is 0.317. The largest absolute Gasteiger partial charge is 0.497 e. The van der Waals surface area contributed by atoms with Gasteiger partial charge in [-0.15, -0.1) is 24.0 Å². The van der Waals surface area contributed by atoms with Gasteiger partial charge in [0.25, 0.3) is 0 Å². The van der Waals surface area contributed by atoms with Crippen molar-refractivity contribution in [3.05, 3.63) is 65.5 Å². The topological polar surface area (TPSA) is 46.1 Å². The van der Waals surface area contributed by atoms with E-state index in [2.05, 4.69) is 29.3 Å². The highest BCUT2D eigenvalue weighted by Gasteiger charge is 2.34. The van der Waals surface area contributed by atoms with Gasteiger partial charge in [-0.05, 0) is 55.2 Å². The first-order valence-corrected chi connectivity index (χ1v) is 10.5. The van der Waals surface area contributed by atoms with Gasteiger partial charge in [0.15, 0.2) is 5.96 Å². The normalized spacial score (nSPS) is 15.7. The van der Waals surface area contributed by atoms with Gasteiger partial charge in [-0.1, -0.05) is 24.3 Å². The molecule has 1 heterocycles. The molecule has 0 aromatic heterocycles. The lowest BCUT2D eigenvalue weighted by Crippen LogP contribution is -2.41. The average molecular weight is 541 g/mol. The maximum Gasteiger partial charge on any atom is 0.193 e. The Bertz CT molecular complexity index is 822. The third-order valence-corrected chi connectivity index (χ3v) is 5.71. The van der Waals surface area contributed by atoms with Gasteiger partial charge in [0, 0.05) is 38.8 Å². The SMILES string of the molecule is CCNC(=NCC1(c2ccc(OC)cc2)CCOCC1)N(C)Cc1ccc(F)cc1.I. The lowest BCUT2D eigenvalue weighted by molar-refractivity contribution is 0.0530. The molecular weight excluding hydrogens is 508 g/mol. The standard InChI is InChI=1S/C24H32FN3O2.HI/c1-4-26-23(28(2)17-19-5-9-21(25)10-6-19)27-18-24(13-15-30-16-14-24)20-7-11-22(29-3)12-8-20;/h5-12H,4,13-18H2,1-3H3,(H,26,27);1H. The summed E-state index contributed by atoms with van der Waals surface area (Å²) in [5.74, 6) is 1.49. The zero-order chi connectivity index (χ0) is 21.4. The summed E-state index contributed by atoms with van der Waals surface area (Å²) < 4.78 is 24.2. The van der Waals surface area contributed by atoms with Crippen LogP contribution in [-0.2, 0) is 16.7 Å². The molecule has 0 bridgehead atoms. The molecule has 2 aromatic carbocycles. The second kappa shape index (κ2) is 12.2. The zero-order valence-electron chi connectivity index (χ0n) is 18.6. The summed E-state index contributed by atoms with van der Waals surface area (Å²) in [4.78, 5) is 7.09. The van der Waals surface area contributed by atoms with E-state index in [0.29, 0.717) is 13.1 Å². The Hall–Kier alpha value is -1.87. The predicted molar refractivity (Wildman–Crippen MR) is 134 cm³/mol. The molecule has 0 amide bonds. The van der Waals surface area contributed by atoms with Crippen molar-refractivity contribution >= 4 is 29.9 Å². The van der Waals surface area contributed by atoms with E-state index in [1.165, 1.54) is 17.7 Å². The van der Waals surface area contributed by atoms with Gasteiger partial charge in [-0.3, -0.25) is 4.99 Å². The minimum atomic E-state index is -0.220. The second-order valence-electron chi connectivity index (χ2n) is 7.77. The molecule has 3 rings (SSSR count). The molecule has 31 heavy (non-hydrogen) atoms. The number of benzene rings is 2. The minimum Gasteiger partial charge on any atom is -0.497 e. The number of hydrogen-bond acceptors (Lipinski definition) is 3. The van der Waals surface area contributed by atoms with Crippen molar-refractivity contribution in [3.63, 3.8) is 0 Å². The molecule has 1 N–H and O–H groups in total. The van der Waals surface area contributed by atoms with Crippen molar-refractivity contribution in [2.45, 2.75) is 31.7 Å². The highest BCUT2D eigenvalue weighted by Crippen LogP contribution is 2.36. The molecular formula is C24H33FIN3O2. The van der Waals surface area contributed by atoms with E-state index in [1.54, 1.807) is 7.11 Å². The number of aliphatic imine (C=N–C) groups is 1. The van der Waals surface area contributed by atoms with Crippen LogP contribution >= 0.6 is 24.0 Å². The van der Waals surface area contributed by atoms with Gasteiger partial charge in [-0.25, -0.2) is 4.39 Å². The maximum absolute atomic E-state index is 13.2. The molecule has 2 aromatic rings. The third kappa shape index (κ3) is 6.80. The van der Waals surface area contributed by atoms with Gasteiger partial charge in [-0.2, -0.15) is 0 Å². The van der Waals surface area contributed by atoms with E-state index in [0.717, 1.165) is 49.9 Å².